The number of nitrogen functional groups attached to an aromatic ring is 1. The number of benzene rings is 1. The zero-order valence-electron chi connectivity index (χ0n) is 9.06. The van der Waals surface area contributed by atoms with Crippen LogP contribution < -0.4 is 15.2 Å². The van der Waals surface area contributed by atoms with Crippen molar-refractivity contribution < 1.29 is 19.4 Å². The summed E-state index contributed by atoms with van der Waals surface area (Å²) in [6.45, 7) is 0. The van der Waals surface area contributed by atoms with Crippen LogP contribution in [0.15, 0.2) is 18.2 Å². The number of carboxylic acid groups (broad SMARTS) is 1. The zero-order chi connectivity index (χ0) is 12.1. The molecule has 5 heteroatoms. The van der Waals surface area contributed by atoms with Crippen LogP contribution in [0.4, 0.5) is 5.69 Å². The van der Waals surface area contributed by atoms with Crippen LogP contribution in [0.5, 0.6) is 11.5 Å². The van der Waals surface area contributed by atoms with Crippen molar-refractivity contribution in [1.29, 1.82) is 0 Å². The van der Waals surface area contributed by atoms with Gasteiger partial charge in [-0.05, 0) is 12.1 Å². The predicted octanol–water partition coefficient (Wildman–Crippen LogP) is 1.38. The molecule has 0 amide bonds. The Morgan fingerprint density at radius 3 is 2.38 bits per heavy atom. The molecule has 0 bridgehead atoms. The lowest BCUT2D eigenvalue weighted by atomic mass is 10.1. The lowest BCUT2D eigenvalue weighted by Crippen LogP contribution is -1.96. The molecule has 0 aliphatic carbocycles. The molecule has 0 atom stereocenters. The number of carboxylic acids is 1. The average molecular weight is 223 g/mol. The van der Waals surface area contributed by atoms with Gasteiger partial charge in [0, 0.05) is 23.4 Å². The van der Waals surface area contributed by atoms with Gasteiger partial charge in [0.15, 0.2) is 11.5 Å². The highest BCUT2D eigenvalue weighted by atomic mass is 16.5. The molecule has 0 aliphatic heterocycles. The molecule has 0 aliphatic rings. The number of ether oxygens (including phenoxy) is 2. The van der Waals surface area contributed by atoms with Crippen molar-refractivity contribution in [2.45, 2.75) is 0 Å². The van der Waals surface area contributed by atoms with E-state index in [1.54, 1.807) is 12.1 Å². The Hall–Kier alpha value is -2.17. The lowest BCUT2D eigenvalue weighted by Gasteiger charge is -2.10. The molecule has 0 heterocycles. The number of hydrogen-bond donors (Lipinski definition) is 2. The molecule has 16 heavy (non-hydrogen) atoms. The zero-order valence-corrected chi connectivity index (χ0v) is 9.06. The molecular formula is C11H13NO4. The first-order valence-electron chi connectivity index (χ1n) is 4.51. The van der Waals surface area contributed by atoms with E-state index in [9.17, 15) is 4.79 Å². The second-order valence-electron chi connectivity index (χ2n) is 3.01. The number of rotatable bonds is 4. The van der Waals surface area contributed by atoms with Crippen molar-refractivity contribution in [2.75, 3.05) is 20.0 Å². The summed E-state index contributed by atoms with van der Waals surface area (Å²) >= 11 is 0. The van der Waals surface area contributed by atoms with E-state index < -0.39 is 5.97 Å². The van der Waals surface area contributed by atoms with Gasteiger partial charge in [0.05, 0.1) is 14.2 Å². The largest absolute Gasteiger partial charge is 0.493 e. The van der Waals surface area contributed by atoms with Crippen LogP contribution in [0.2, 0.25) is 0 Å². The van der Waals surface area contributed by atoms with Crippen molar-refractivity contribution in [1.82, 2.24) is 0 Å². The van der Waals surface area contributed by atoms with Crippen molar-refractivity contribution >= 4 is 17.7 Å². The average Bonchev–Trinajstić information content (AvgIpc) is 2.26. The van der Waals surface area contributed by atoms with Crippen LogP contribution in [0.1, 0.15) is 5.56 Å². The van der Waals surface area contributed by atoms with E-state index in [0.717, 1.165) is 6.08 Å². The predicted molar refractivity (Wildman–Crippen MR) is 60.6 cm³/mol. The molecule has 5 nitrogen and oxygen atoms in total. The van der Waals surface area contributed by atoms with Crippen LogP contribution in [-0.2, 0) is 4.79 Å². The van der Waals surface area contributed by atoms with Gasteiger partial charge in [-0.1, -0.05) is 0 Å². The molecule has 0 radical (unpaired) electrons. The van der Waals surface area contributed by atoms with E-state index >= 15 is 0 Å². The van der Waals surface area contributed by atoms with E-state index in [-0.39, 0.29) is 0 Å². The van der Waals surface area contributed by atoms with E-state index in [1.807, 2.05) is 0 Å². The maximum atomic E-state index is 10.4. The second kappa shape index (κ2) is 5.06. The third-order valence-electron chi connectivity index (χ3n) is 1.99. The quantitative estimate of drug-likeness (QED) is 0.595. The van der Waals surface area contributed by atoms with Gasteiger partial charge in [0.25, 0.3) is 0 Å². The maximum absolute atomic E-state index is 10.4. The number of methoxy groups -OCH3 is 2. The minimum absolute atomic E-state index is 0.426. The van der Waals surface area contributed by atoms with Crippen molar-refractivity contribution in [3.63, 3.8) is 0 Å². The van der Waals surface area contributed by atoms with Gasteiger partial charge in [0.2, 0.25) is 0 Å². The Balaban J connectivity index is 3.16. The number of carbonyl (C=O) groups is 1. The summed E-state index contributed by atoms with van der Waals surface area (Å²) in [5.74, 6) is -0.0246. The number of hydrogen-bond acceptors (Lipinski definition) is 4. The minimum Gasteiger partial charge on any atom is -0.493 e. The van der Waals surface area contributed by atoms with Gasteiger partial charge in [-0.25, -0.2) is 4.79 Å². The van der Waals surface area contributed by atoms with Gasteiger partial charge >= 0.3 is 5.97 Å². The van der Waals surface area contributed by atoms with Gasteiger partial charge < -0.3 is 20.3 Å². The summed E-state index contributed by atoms with van der Waals surface area (Å²) in [5.41, 5.74) is 6.72. The van der Waals surface area contributed by atoms with Crippen LogP contribution >= 0.6 is 0 Å². The summed E-state index contributed by atoms with van der Waals surface area (Å²) in [4.78, 5) is 10.4. The molecule has 0 unspecified atom stereocenters. The topological polar surface area (TPSA) is 81.8 Å². The molecule has 0 aromatic heterocycles. The molecule has 3 N–H and O–H groups in total. The van der Waals surface area contributed by atoms with Gasteiger partial charge in [-0.3, -0.25) is 0 Å². The fraction of sp³-hybridized carbons (Fsp3) is 0.182. The summed E-state index contributed by atoms with van der Waals surface area (Å²) in [5, 5.41) is 8.51. The molecule has 0 spiro atoms. The molecule has 0 saturated heterocycles. The normalized spacial score (nSPS) is 10.4. The third kappa shape index (κ3) is 2.66. The van der Waals surface area contributed by atoms with Crippen molar-refractivity contribution in [2.24, 2.45) is 0 Å². The van der Waals surface area contributed by atoms with Gasteiger partial charge in [-0.2, -0.15) is 0 Å². The lowest BCUT2D eigenvalue weighted by molar-refractivity contribution is -0.131. The number of anilines is 1. The SMILES string of the molecule is COc1cc(N)c(/C=C/C(=O)O)cc1OC. The first-order chi connectivity index (χ1) is 7.58. The van der Waals surface area contributed by atoms with Gasteiger partial charge in [0.1, 0.15) is 0 Å². The van der Waals surface area contributed by atoms with E-state index in [1.165, 1.54) is 20.3 Å². The molecule has 86 valence electrons. The molecule has 0 saturated carbocycles. The van der Waals surface area contributed by atoms with E-state index in [0.29, 0.717) is 22.7 Å². The Labute approximate surface area is 93.1 Å². The summed E-state index contributed by atoms with van der Waals surface area (Å²) in [7, 11) is 3.00. The minimum atomic E-state index is -1.03. The summed E-state index contributed by atoms with van der Waals surface area (Å²) in [6, 6.07) is 3.20. The first kappa shape index (κ1) is 11.9. The summed E-state index contributed by atoms with van der Waals surface area (Å²) in [6.07, 6.45) is 2.41. The highest BCUT2D eigenvalue weighted by molar-refractivity contribution is 5.87. The van der Waals surface area contributed by atoms with Crippen molar-refractivity contribution in [3.05, 3.63) is 23.8 Å². The molecule has 1 rings (SSSR count). The summed E-state index contributed by atoms with van der Waals surface area (Å²) < 4.78 is 10.1. The molecular weight excluding hydrogens is 210 g/mol. The maximum Gasteiger partial charge on any atom is 0.328 e. The number of nitrogens with two attached hydrogens (primary N) is 1. The molecule has 0 fully saturated rings. The van der Waals surface area contributed by atoms with E-state index in [2.05, 4.69) is 0 Å². The Kier molecular flexibility index (Phi) is 3.77. The fourth-order valence-electron chi connectivity index (χ4n) is 1.22. The number of aliphatic carboxylic acids is 1. The van der Waals surface area contributed by atoms with Crippen molar-refractivity contribution in [3.8, 4) is 11.5 Å². The van der Waals surface area contributed by atoms with Crippen LogP contribution in [0.25, 0.3) is 6.08 Å². The smallest absolute Gasteiger partial charge is 0.328 e. The molecule has 1 aromatic rings. The van der Waals surface area contributed by atoms with Crippen LogP contribution in [0.3, 0.4) is 0 Å². The first-order valence-corrected chi connectivity index (χ1v) is 4.51. The highest BCUT2D eigenvalue weighted by Gasteiger charge is 2.07. The monoisotopic (exact) mass is 223 g/mol. The van der Waals surface area contributed by atoms with Crippen LogP contribution in [-0.4, -0.2) is 25.3 Å². The van der Waals surface area contributed by atoms with E-state index in [4.69, 9.17) is 20.3 Å². The Morgan fingerprint density at radius 2 is 1.88 bits per heavy atom. The second-order valence-corrected chi connectivity index (χ2v) is 3.01. The Morgan fingerprint density at radius 1 is 1.31 bits per heavy atom. The third-order valence-corrected chi connectivity index (χ3v) is 1.99. The highest BCUT2D eigenvalue weighted by Crippen LogP contribution is 2.32. The Bertz CT molecular complexity index is 426. The van der Waals surface area contributed by atoms with Crippen LogP contribution in [0, 0.1) is 0 Å². The fourth-order valence-corrected chi connectivity index (χ4v) is 1.22. The standard InChI is InChI=1S/C11H13NO4/c1-15-9-5-7(3-4-11(13)14)8(12)6-10(9)16-2/h3-6H,12H2,1-2H3,(H,13,14)/b4-3+. The van der Waals surface area contributed by atoms with Gasteiger partial charge in [-0.15, -0.1) is 0 Å². The molecule has 1 aromatic carbocycles.